The molecule has 0 atom stereocenters. The molecule has 0 amide bonds. The van der Waals surface area contributed by atoms with Gasteiger partial charge in [-0.3, -0.25) is 4.79 Å². The molecular weight excluding hydrogens is 132 g/mol. The summed E-state index contributed by atoms with van der Waals surface area (Å²) < 4.78 is -0.190. The molecule has 0 aliphatic carbocycles. The van der Waals surface area contributed by atoms with Gasteiger partial charge in [-0.05, 0) is 31.8 Å². The highest BCUT2D eigenvalue weighted by Crippen LogP contribution is 2.38. The van der Waals surface area contributed by atoms with Crippen LogP contribution in [-0.4, -0.2) is 10.5 Å². The number of carbonyl (C=O) groups excluding carboxylic acids is 1. The zero-order valence-corrected chi connectivity index (χ0v) is 6.71. The molecule has 1 aliphatic heterocycles. The maximum absolute atomic E-state index is 11.0. The molecular formula is C7H10OS. The van der Waals surface area contributed by atoms with Gasteiger partial charge in [0, 0.05) is 0 Å². The Bertz CT molecular complexity index is 179. The van der Waals surface area contributed by atoms with E-state index >= 15 is 0 Å². The largest absolute Gasteiger partial charge is 0.293 e. The number of allylic oxidation sites excluding steroid dienone is 2. The third-order valence-corrected chi connectivity index (χ3v) is 2.50. The third-order valence-electron chi connectivity index (χ3n) is 1.34. The Balaban J connectivity index is 2.84. The van der Waals surface area contributed by atoms with E-state index in [-0.39, 0.29) is 10.5 Å². The average molecular weight is 142 g/mol. The Morgan fingerprint density at radius 1 is 1.56 bits per heavy atom. The Morgan fingerprint density at radius 3 is 2.22 bits per heavy atom. The van der Waals surface area contributed by atoms with E-state index in [0.29, 0.717) is 0 Å². The first kappa shape index (κ1) is 6.87. The topological polar surface area (TPSA) is 17.1 Å². The third kappa shape index (κ3) is 1.18. The molecule has 0 saturated carbocycles. The molecule has 2 heteroatoms. The van der Waals surface area contributed by atoms with Crippen LogP contribution in [0.5, 0.6) is 0 Å². The van der Waals surface area contributed by atoms with E-state index in [9.17, 15) is 4.79 Å². The fraction of sp³-hybridized carbons (Fsp3) is 0.571. The molecule has 50 valence electrons. The highest BCUT2D eigenvalue weighted by molar-refractivity contribution is 8.05. The lowest BCUT2D eigenvalue weighted by Gasteiger charge is -2.12. The van der Waals surface area contributed by atoms with E-state index in [4.69, 9.17) is 0 Å². The summed E-state index contributed by atoms with van der Waals surface area (Å²) in [7, 11) is 0. The molecule has 0 aromatic carbocycles. The number of hydrogen-bond acceptors (Lipinski definition) is 2. The minimum atomic E-state index is -0.190. The van der Waals surface area contributed by atoms with Gasteiger partial charge >= 0.3 is 0 Å². The van der Waals surface area contributed by atoms with E-state index in [1.165, 1.54) is 0 Å². The van der Waals surface area contributed by atoms with Crippen molar-refractivity contribution >= 4 is 17.5 Å². The quantitative estimate of drug-likeness (QED) is 0.514. The predicted octanol–water partition coefficient (Wildman–Crippen LogP) is 1.98. The van der Waals surface area contributed by atoms with Gasteiger partial charge in [0.2, 0.25) is 0 Å². The standard InChI is InChI=1S/C7H10OS/c1-5-4-6(8)7(2,3)9-5/h4H,1-3H3. The van der Waals surface area contributed by atoms with Crippen molar-refractivity contribution in [2.45, 2.75) is 25.5 Å². The van der Waals surface area contributed by atoms with Crippen molar-refractivity contribution in [1.82, 2.24) is 0 Å². The van der Waals surface area contributed by atoms with Gasteiger partial charge in [0.25, 0.3) is 0 Å². The van der Waals surface area contributed by atoms with Crippen LogP contribution < -0.4 is 0 Å². The monoisotopic (exact) mass is 142 g/mol. The first-order valence-corrected chi connectivity index (χ1v) is 3.76. The zero-order chi connectivity index (χ0) is 7.07. The van der Waals surface area contributed by atoms with Crippen LogP contribution in [-0.2, 0) is 4.79 Å². The van der Waals surface area contributed by atoms with E-state index < -0.39 is 0 Å². The van der Waals surface area contributed by atoms with Gasteiger partial charge in [0.1, 0.15) is 0 Å². The van der Waals surface area contributed by atoms with Gasteiger partial charge in [0.05, 0.1) is 4.75 Å². The first-order chi connectivity index (χ1) is 4.02. The van der Waals surface area contributed by atoms with Gasteiger partial charge in [-0.2, -0.15) is 0 Å². The van der Waals surface area contributed by atoms with Crippen molar-refractivity contribution in [3.8, 4) is 0 Å². The minimum Gasteiger partial charge on any atom is -0.293 e. The van der Waals surface area contributed by atoms with Crippen LogP contribution in [0.1, 0.15) is 20.8 Å². The predicted molar refractivity (Wildman–Crippen MR) is 40.4 cm³/mol. The molecule has 1 nitrogen and oxygen atoms in total. The lowest BCUT2D eigenvalue weighted by atomic mass is 10.1. The van der Waals surface area contributed by atoms with Gasteiger partial charge in [-0.15, -0.1) is 11.8 Å². The number of thioether (sulfide) groups is 1. The number of hydrogen-bond donors (Lipinski definition) is 0. The summed E-state index contributed by atoms with van der Waals surface area (Å²) in [5, 5.41) is 0. The maximum Gasteiger partial charge on any atom is 0.172 e. The highest BCUT2D eigenvalue weighted by atomic mass is 32.2. The molecule has 0 aromatic rings. The van der Waals surface area contributed by atoms with Crippen LogP contribution in [0.3, 0.4) is 0 Å². The van der Waals surface area contributed by atoms with Crippen molar-refractivity contribution in [2.24, 2.45) is 0 Å². The van der Waals surface area contributed by atoms with Crippen molar-refractivity contribution in [1.29, 1.82) is 0 Å². The molecule has 0 saturated heterocycles. The Labute approximate surface area is 59.5 Å². The van der Waals surface area contributed by atoms with Crippen molar-refractivity contribution in [3.63, 3.8) is 0 Å². The molecule has 1 heterocycles. The van der Waals surface area contributed by atoms with Gasteiger partial charge in [0.15, 0.2) is 5.78 Å². The molecule has 1 aliphatic rings. The lowest BCUT2D eigenvalue weighted by molar-refractivity contribution is -0.115. The van der Waals surface area contributed by atoms with E-state index in [0.717, 1.165) is 4.91 Å². The first-order valence-electron chi connectivity index (χ1n) is 2.94. The lowest BCUT2D eigenvalue weighted by Crippen LogP contribution is -2.21. The summed E-state index contributed by atoms with van der Waals surface area (Å²) in [5.74, 6) is 0.241. The number of carbonyl (C=O) groups is 1. The summed E-state index contributed by atoms with van der Waals surface area (Å²) in [6.45, 7) is 5.87. The van der Waals surface area contributed by atoms with Crippen LogP contribution in [0.15, 0.2) is 11.0 Å². The SMILES string of the molecule is CC1=CC(=O)C(C)(C)S1. The zero-order valence-electron chi connectivity index (χ0n) is 5.89. The van der Waals surface area contributed by atoms with Crippen LogP contribution in [0.25, 0.3) is 0 Å². The molecule has 0 fully saturated rings. The van der Waals surface area contributed by atoms with Crippen molar-refractivity contribution < 1.29 is 4.79 Å². The Kier molecular flexibility index (Phi) is 1.43. The molecule has 0 bridgehead atoms. The number of ketones is 1. The molecule has 0 spiro atoms. The normalized spacial score (nSPS) is 24.3. The van der Waals surface area contributed by atoms with Gasteiger partial charge < -0.3 is 0 Å². The van der Waals surface area contributed by atoms with E-state index in [1.807, 2.05) is 20.8 Å². The van der Waals surface area contributed by atoms with Crippen molar-refractivity contribution in [3.05, 3.63) is 11.0 Å². The molecule has 0 aromatic heterocycles. The van der Waals surface area contributed by atoms with Crippen LogP contribution in [0.2, 0.25) is 0 Å². The second-order valence-corrected chi connectivity index (χ2v) is 4.60. The van der Waals surface area contributed by atoms with Crippen molar-refractivity contribution in [2.75, 3.05) is 0 Å². The Hall–Kier alpha value is -0.240. The summed E-state index contributed by atoms with van der Waals surface area (Å²) in [6.07, 6.45) is 1.71. The summed E-state index contributed by atoms with van der Waals surface area (Å²) in [4.78, 5) is 12.1. The average Bonchev–Trinajstić information content (AvgIpc) is 1.79. The number of rotatable bonds is 0. The molecule has 1 rings (SSSR count). The van der Waals surface area contributed by atoms with E-state index in [1.54, 1.807) is 17.8 Å². The Morgan fingerprint density at radius 2 is 2.11 bits per heavy atom. The minimum absolute atomic E-state index is 0.190. The van der Waals surface area contributed by atoms with Crippen LogP contribution >= 0.6 is 11.8 Å². The fourth-order valence-corrected chi connectivity index (χ4v) is 1.97. The smallest absolute Gasteiger partial charge is 0.172 e. The maximum atomic E-state index is 11.0. The summed E-state index contributed by atoms with van der Waals surface area (Å²) in [5.41, 5.74) is 0. The van der Waals surface area contributed by atoms with E-state index in [2.05, 4.69) is 0 Å². The second-order valence-electron chi connectivity index (χ2n) is 2.73. The van der Waals surface area contributed by atoms with Crippen LogP contribution in [0, 0.1) is 0 Å². The molecule has 0 N–H and O–H groups in total. The molecule has 9 heavy (non-hydrogen) atoms. The second kappa shape index (κ2) is 1.87. The van der Waals surface area contributed by atoms with Gasteiger partial charge in [-0.25, -0.2) is 0 Å². The molecule has 0 radical (unpaired) electrons. The summed E-state index contributed by atoms with van der Waals surface area (Å²) in [6, 6.07) is 0. The summed E-state index contributed by atoms with van der Waals surface area (Å²) >= 11 is 1.64. The fourth-order valence-electron chi connectivity index (χ4n) is 0.841. The highest BCUT2D eigenvalue weighted by Gasteiger charge is 2.31. The van der Waals surface area contributed by atoms with Gasteiger partial charge in [-0.1, -0.05) is 0 Å². The molecule has 0 unspecified atom stereocenters. The van der Waals surface area contributed by atoms with Crippen LogP contribution in [0.4, 0.5) is 0 Å².